The van der Waals surface area contributed by atoms with Crippen molar-refractivity contribution >= 4 is 34.1 Å². The van der Waals surface area contributed by atoms with Crippen LogP contribution in [0.4, 0.5) is 33.6 Å². The van der Waals surface area contributed by atoms with Crippen LogP contribution in [0.1, 0.15) is 17.8 Å². The molecule has 4 rings (SSSR count). The molecule has 0 spiro atoms. The first-order valence-corrected chi connectivity index (χ1v) is 9.39. The second kappa shape index (κ2) is 7.82. The summed E-state index contributed by atoms with van der Waals surface area (Å²) >= 11 is 6.03. The van der Waals surface area contributed by atoms with Crippen LogP contribution < -0.4 is 9.80 Å². The highest BCUT2D eigenvalue weighted by Crippen LogP contribution is 2.34. The van der Waals surface area contributed by atoms with Crippen LogP contribution >= 0.6 is 11.6 Å². The van der Waals surface area contributed by atoms with Crippen LogP contribution in [-0.4, -0.2) is 41.1 Å². The number of rotatable bonds is 3. The van der Waals surface area contributed by atoms with E-state index in [9.17, 15) is 22.0 Å². The molecule has 5 nitrogen and oxygen atoms in total. The molecular weight excluding hydrogens is 429 g/mol. The lowest BCUT2D eigenvalue weighted by Crippen LogP contribution is -2.47. The number of aromatic nitrogens is 3. The van der Waals surface area contributed by atoms with Gasteiger partial charge < -0.3 is 9.80 Å². The minimum atomic E-state index is -4.52. The van der Waals surface area contributed by atoms with Gasteiger partial charge in [0.2, 0.25) is 0 Å². The van der Waals surface area contributed by atoms with Crippen molar-refractivity contribution in [3.8, 4) is 0 Å². The molecule has 30 heavy (non-hydrogen) atoms. The normalized spacial score (nSPS) is 15.3. The van der Waals surface area contributed by atoms with E-state index in [1.807, 2.05) is 4.90 Å². The van der Waals surface area contributed by atoms with Gasteiger partial charge in [0.25, 0.3) is 6.43 Å². The molecule has 0 N–H and O–H groups in total. The summed E-state index contributed by atoms with van der Waals surface area (Å²) < 4.78 is 64.9. The van der Waals surface area contributed by atoms with Crippen molar-refractivity contribution in [1.82, 2.24) is 15.0 Å². The Morgan fingerprint density at radius 1 is 0.933 bits per heavy atom. The fourth-order valence-corrected chi connectivity index (χ4v) is 3.65. The lowest BCUT2D eigenvalue weighted by molar-refractivity contribution is -0.137. The number of hydrogen-bond donors (Lipinski definition) is 0. The van der Waals surface area contributed by atoms with Gasteiger partial charge in [0.1, 0.15) is 11.6 Å². The molecule has 0 radical (unpaired) electrons. The Kier molecular flexibility index (Phi) is 5.35. The standard InChI is InChI=1S/C19H15ClF5N5/c20-13-9-11(19(23,24)25)10-26-18(13)30-7-5-29(6-8-30)17-12-3-1-2-4-14(12)27-16(28-17)15(21)22/h1-4,9-10,15H,5-8H2. The fraction of sp³-hybridized carbons (Fsp3) is 0.316. The van der Waals surface area contributed by atoms with Gasteiger partial charge in [-0.25, -0.2) is 23.7 Å². The number of anilines is 2. The molecule has 1 aromatic carbocycles. The summed E-state index contributed by atoms with van der Waals surface area (Å²) in [6.07, 6.45) is -6.57. The minimum Gasteiger partial charge on any atom is -0.352 e. The predicted molar refractivity (Wildman–Crippen MR) is 103 cm³/mol. The van der Waals surface area contributed by atoms with E-state index in [1.54, 1.807) is 29.2 Å². The van der Waals surface area contributed by atoms with Crippen molar-refractivity contribution < 1.29 is 22.0 Å². The first kappa shape index (κ1) is 20.5. The molecule has 0 atom stereocenters. The molecule has 0 unspecified atom stereocenters. The quantitative estimate of drug-likeness (QED) is 0.535. The van der Waals surface area contributed by atoms with E-state index in [4.69, 9.17) is 11.6 Å². The summed E-state index contributed by atoms with van der Waals surface area (Å²) in [7, 11) is 0. The number of alkyl halides is 5. The smallest absolute Gasteiger partial charge is 0.352 e. The lowest BCUT2D eigenvalue weighted by atomic mass is 10.2. The molecule has 0 bridgehead atoms. The van der Waals surface area contributed by atoms with E-state index in [0.29, 0.717) is 42.9 Å². The van der Waals surface area contributed by atoms with Gasteiger partial charge in [0.05, 0.1) is 16.1 Å². The third kappa shape index (κ3) is 3.96. The first-order chi connectivity index (χ1) is 14.2. The largest absolute Gasteiger partial charge is 0.417 e. The highest BCUT2D eigenvalue weighted by atomic mass is 35.5. The summed E-state index contributed by atoms with van der Waals surface area (Å²) in [6.45, 7) is 1.59. The maximum absolute atomic E-state index is 13.2. The first-order valence-electron chi connectivity index (χ1n) is 9.01. The van der Waals surface area contributed by atoms with Crippen molar-refractivity contribution in [1.29, 1.82) is 0 Å². The Hall–Kier alpha value is -2.75. The molecule has 3 heterocycles. The monoisotopic (exact) mass is 443 g/mol. The SMILES string of the molecule is FC(F)c1nc(N2CCN(c3ncc(C(F)(F)F)cc3Cl)CC2)c2ccccc2n1. The molecule has 11 heteroatoms. The predicted octanol–water partition coefficient (Wildman–Crippen LogP) is 4.96. The number of pyridine rings is 1. The lowest BCUT2D eigenvalue weighted by Gasteiger charge is -2.36. The molecule has 0 amide bonds. The van der Waals surface area contributed by atoms with E-state index >= 15 is 0 Å². The van der Waals surface area contributed by atoms with Crippen LogP contribution in [0.2, 0.25) is 5.02 Å². The van der Waals surface area contributed by atoms with Gasteiger partial charge in [-0.3, -0.25) is 0 Å². The van der Waals surface area contributed by atoms with Gasteiger partial charge in [0.15, 0.2) is 5.82 Å². The molecule has 0 aliphatic carbocycles. The maximum atomic E-state index is 13.2. The number of hydrogen-bond acceptors (Lipinski definition) is 5. The summed E-state index contributed by atoms with van der Waals surface area (Å²) in [5.74, 6) is 0.116. The van der Waals surface area contributed by atoms with Crippen molar-refractivity contribution in [2.75, 3.05) is 36.0 Å². The summed E-state index contributed by atoms with van der Waals surface area (Å²) in [5, 5.41) is 0.562. The van der Waals surface area contributed by atoms with Crippen LogP contribution in [0, 0.1) is 0 Å². The van der Waals surface area contributed by atoms with E-state index < -0.39 is 24.0 Å². The Bertz CT molecular complexity index is 1070. The third-order valence-electron chi connectivity index (χ3n) is 4.82. The number of benzene rings is 1. The molecule has 2 aromatic heterocycles. The minimum absolute atomic E-state index is 0.0919. The van der Waals surface area contributed by atoms with Crippen molar-refractivity contribution in [3.05, 3.63) is 52.9 Å². The second-order valence-electron chi connectivity index (χ2n) is 6.72. The van der Waals surface area contributed by atoms with Gasteiger partial charge in [-0.05, 0) is 18.2 Å². The Labute approximate surface area is 173 Å². The van der Waals surface area contributed by atoms with Crippen molar-refractivity contribution in [2.45, 2.75) is 12.6 Å². The second-order valence-corrected chi connectivity index (χ2v) is 7.13. The summed E-state index contributed by atoms with van der Waals surface area (Å²) in [4.78, 5) is 15.5. The Balaban J connectivity index is 1.57. The number of halogens is 6. The van der Waals surface area contributed by atoms with E-state index in [2.05, 4.69) is 15.0 Å². The molecule has 3 aromatic rings. The summed E-state index contributed by atoms with van der Waals surface area (Å²) in [6, 6.07) is 7.75. The van der Waals surface area contributed by atoms with Gasteiger partial charge in [0, 0.05) is 37.8 Å². The van der Waals surface area contributed by atoms with Crippen LogP contribution in [0.15, 0.2) is 36.5 Å². The average Bonchev–Trinajstić information content (AvgIpc) is 2.72. The molecule has 1 aliphatic rings. The van der Waals surface area contributed by atoms with Crippen molar-refractivity contribution in [3.63, 3.8) is 0 Å². The molecule has 1 saturated heterocycles. The molecule has 0 saturated carbocycles. The zero-order valence-electron chi connectivity index (χ0n) is 15.4. The number of para-hydroxylation sites is 1. The highest BCUT2D eigenvalue weighted by Gasteiger charge is 2.32. The Morgan fingerprint density at radius 2 is 1.57 bits per heavy atom. The fourth-order valence-electron chi connectivity index (χ4n) is 3.36. The summed E-state index contributed by atoms with van der Waals surface area (Å²) in [5.41, 5.74) is -0.491. The van der Waals surface area contributed by atoms with Gasteiger partial charge in [-0.15, -0.1) is 0 Å². The van der Waals surface area contributed by atoms with Crippen LogP contribution in [0.5, 0.6) is 0 Å². The number of fused-ring (bicyclic) bond motifs is 1. The van der Waals surface area contributed by atoms with Gasteiger partial charge in [-0.1, -0.05) is 23.7 Å². The molecular formula is C19H15ClF5N5. The highest BCUT2D eigenvalue weighted by molar-refractivity contribution is 6.33. The van der Waals surface area contributed by atoms with Crippen LogP contribution in [0.25, 0.3) is 10.9 Å². The van der Waals surface area contributed by atoms with Crippen LogP contribution in [0.3, 0.4) is 0 Å². The van der Waals surface area contributed by atoms with Crippen LogP contribution in [-0.2, 0) is 6.18 Å². The maximum Gasteiger partial charge on any atom is 0.417 e. The van der Waals surface area contributed by atoms with E-state index in [-0.39, 0.29) is 10.8 Å². The zero-order valence-corrected chi connectivity index (χ0v) is 16.1. The molecule has 1 fully saturated rings. The van der Waals surface area contributed by atoms with Gasteiger partial charge in [-0.2, -0.15) is 13.2 Å². The zero-order chi connectivity index (χ0) is 21.5. The topological polar surface area (TPSA) is 45.2 Å². The third-order valence-corrected chi connectivity index (χ3v) is 5.10. The number of piperazine rings is 1. The van der Waals surface area contributed by atoms with Gasteiger partial charge >= 0.3 is 6.18 Å². The molecule has 158 valence electrons. The van der Waals surface area contributed by atoms with E-state index in [1.165, 1.54) is 0 Å². The average molecular weight is 444 g/mol. The van der Waals surface area contributed by atoms with E-state index in [0.717, 1.165) is 12.3 Å². The number of nitrogens with zero attached hydrogens (tertiary/aromatic N) is 5. The Morgan fingerprint density at radius 3 is 2.17 bits per heavy atom. The molecule has 1 aliphatic heterocycles. The van der Waals surface area contributed by atoms with Crippen molar-refractivity contribution in [2.24, 2.45) is 0 Å².